The van der Waals surface area contributed by atoms with E-state index >= 15 is 0 Å². The SMILES string of the molecule is CN(C(=O)c1cccc(CN)c1)[C@H](Cc1ccc2ccccc2c1)C(=O)N(C)[C@H](Cc1ccc(F)cc1)C(=O)NCCc1ccncc1. The molecule has 0 aliphatic heterocycles. The molecule has 0 fully saturated rings. The Morgan fingerprint density at radius 2 is 1.42 bits per heavy atom. The lowest BCUT2D eigenvalue weighted by atomic mass is 9.98. The Morgan fingerprint density at radius 1 is 0.729 bits per heavy atom. The molecule has 0 unspecified atom stereocenters. The fourth-order valence-electron chi connectivity index (χ4n) is 5.79. The van der Waals surface area contributed by atoms with Crippen LogP contribution in [-0.2, 0) is 35.4 Å². The van der Waals surface area contributed by atoms with Crippen LogP contribution in [0.1, 0.15) is 32.6 Å². The van der Waals surface area contributed by atoms with Gasteiger partial charge in [0, 0.05) is 58.0 Å². The lowest BCUT2D eigenvalue weighted by molar-refractivity contribution is -0.142. The smallest absolute Gasteiger partial charge is 0.254 e. The van der Waals surface area contributed by atoms with Crippen molar-refractivity contribution >= 4 is 28.5 Å². The van der Waals surface area contributed by atoms with Crippen molar-refractivity contribution in [3.05, 3.63) is 149 Å². The number of halogens is 1. The first kappa shape index (κ1) is 33.9. The third-order valence-corrected chi connectivity index (χ3v) is 8.65. The average Bonchev–Trinajstić information content (AvgIpc) is 3.12. The van der Waals surface area contributed by atoms with Crippen LogP contribution in [0.15, 0.2) is 116 Å². The summed E-state index contributed by atoms with van der Waals surface area (Å²) in [7, 11) is 3.19. The maximum atomic E-state index is 14.6. The number of likely N-dealkylation sites (N-methyl/N-ethyl adjacent to an activating group) is 2. The van der Waals surface area contributed by atoms with Gasteiger partial charge in [0.25, 0.3) is 5.91 Å². The normalized spacial score (nSPS) is 12.2. The summed E-state index contributed by atoms with van der Waals surface area (Å²) in [6.45, 7) is 0.621. The molecule has 5 aromatic rings. The largest absolute Gasteiger partial charge is 0.354 e. The minimum Gasteiger partial charge on any atom is -0.354 e. The molecule has 0 spiro atoms. The lowest BCUT2D eigenvalue weighted by Gasteiger charge is -2.35. The molecule has 0 saturated heterocycles. The number of hydrogen-bond acceptors (Lipinski definition) is 5. The quantitative estimate of drug-likeness (QED) is 0.189. The van der Waals surface area contributed by atoms with Gasteiger partial charge in [-0.15, -0.1) is 0 Å². The van der Waals surface area contributed by atoms with Crippen molar-refractivity contribution in [3.63, 3.8) is 0 Å². The molecule has 2 atom stereocenters. The molecule has 3 N–H and O–H groups in total. The molecule has 9 heteroatoms. The number of amides is 3. The Morgan fingerprint density at radius 3 is 2.15 bits per heavy atom. The van der Waals surface area contributed by atoms with E-state index < -0.39 is 23.8 Å². The van der Waals surface area contributed by atoms with Crippen LogP contribution < -0.4 is 11.1 Å². The summed E-state index contributed by atoms with van der Waals surface area (Å²) in [5.74, 6) is -1.48. The van der Waals surface area contributed by atoms with Gasteiger partial charge in [0.1, 0.15) is 17.9 Å². The fourth-order valence-corrected chi connectivity index (χ4v) is 5.79. The van der Waals surface area contributed by atoms with E-state index in [1.54, 1.807) is 56.8 Å². The van der Waals surface area contributed by atoms with E-state index in [-0.39, 0.29) is 31.2 Å². The maximum absolute atomic E-state index is 14.6. The highest BCUT2D eigenvalue weighted by Gasteiger charge is 2.35. The molecular weight excluding hydrogens is 605 g/mol. The number of nitrogens with two attached hydrogens (primary N) is 1. The Balaban J connectivity index is 1.45. The molecule has 0 saturated carbocycles. The predicted octanol–water partition coefficient (Wildman–Crippen LogP) is 4.94. The van der Waals surface area contributed by atoms with Gasteiger partial charge in [0.15, 0.2) is 0 Å². The number of pyridine rings is 1. The second-order valence-electron chi connectivity index (χ2n) is 11.9. The van der Waals surface area contributed by atoms with Gasteiger partial charge < -0.3 is 20.9 Å². The number of fused-ring (bicyclic) bond motifs is 1. The summed E-state index contributed by atoms with van der Waals surface area (Å²) in [6, 6.07) is 28.7. The number of carbonyl (C=O) groups excluding carboxylic acids is 3. The molecule has 0 aliphatic rings. The van der Waals surface area contributed by atoms with E-state index in [4.69, 9.17) is 5.73 Å². The van der Waals surface area contributed by atoms with Crippen LogP contribution >= 0.6 is 0 Å². The van der Waals surface area contributed by atoms with E-state index in [1.807, 2.05) is 60.7 Å². The molecule has 5 rings (SSSR count). The molecule has 48 heavy (non-hydrogen) atoms. The first-order valence-corrected chi connectivity index (χ1v) is 15.9. The third-order valence-electron chi connectivity index (χ3n) is 8.65. The molecule has 246 valence electrons. The van der Waals surface area contributed by atoms with Gasteiger partial charge in [0.2, 0.25) is 11.8 Å². The van der Waals surface area contributed by atoms with Crippen molar-refractivity contribution < 1.29 is 18.8 Å². The van der Waals surface area contributed by atoms with Crippen LogP contribution in [-0.4, -0.2) is 65.2 Å². The van der Waals surface area contributed by atoms with Crippen molar-refractivity contribution in [1.29, 1.82) is 0 Å². The molecular formula is C39H40FN5O3. The van der Waals surface area contributed by atoms with E-state index in [0.717, 1.165) is 27.5 Å². The molecule has 1 heterocycles. The lowest BCUT2D eigenvalue weighted by Crippen LogP contribution is -2.56. The summed E-state index contributed by atoms with van der Waals surface area (Å²) in [5, 5.41) is 5.06. The van der Waals surface area contributed by atoms with Crippen molar-refractivity contribution in [2.24, 2.45) is 5.73 Å². The molecule has 0 bridgehead atoms. The number of benzene rings is 4. The second-order valence-corrected chi connectivity index (χ2v) is 11.9. The van der Waals surface area contributed by atoms with Gasteiger partial charge in [-0.3, -0.25) is 19.4 Å². The molecule has 3 amide bonds. The first-order chi connectivity index (χ1) is 23.2. The fraction of sp³-hybridized carbons (Fsp3) is 0.231. The summed E-state index contributed by atoms with van der Waals surface area (Å²) in [4.78, 5) is 49.1. The van der Waals surface area contributed by atoms with Gasteiger partial charge in [-0.05, 0) is 75.8 Å². The minimum atomic E-state index is -0.939. The first-order valence-electron chi connectivity index (χ1n) is 15.9. The van der Waals surface area contributed by atoms with Crippen molar-refractivity contribution in [2.45, 2.75) is 37.9 Å². The zero-order valence-corrected chi connectivity index (χ0v) is 27.2. The topological polar surface area (TPSA) is 109 Å². The Labute approximate surface area is 280 Å². The minimum absolute atomic E-state index is 0.155. The summed E-state index contributed by atoms with van der Waals surface area (Å²) < 4.78 is 13.8. The van der Waals surface area contributed by atoms with Crippen molar-refractivity contribution in [1.82, 2.24) is 20.1 Å². The van der Waals surface area contributed by atoms with Crippen LogP contribution in [0, 0.1) is 5.82 Å². The number of aromatic nitrogens is 1. The van der Waals surface area contributed by atoms with Crippen LogP contribution in [0.3, 0.4) is 0 Å². The van der Waals surface area contributed by atoms with Crippen LogP contribution in [0.2, 0.25) is 0 Å². The number of hydrogen-bond donors (Lipinski definition) is 2. The van der Waals surface area contributed by atoms with Crippen LogP contribution in [0.5, 0.6) is 0 Å². The number of nitrogens with zero attached hydrogens (tertiary/aromatic N) is 3. The molecule has 8 nitrogen and oxygen atoms in total. The summed E-state index contributed by atoms with van der Waals surface area (Å²) >= 11 is 0. The van der Waals surface area contributed by atoms with Gasteiger partial charge in [-0.1, -0.05) is 66.7 Å². The molecule has 4 aromatic carbocycles. The van der Waals surface area contributed by atoms with Gasteiger partial charge >= 0.3 is 0 Å². The van der Waals surface area contributed by atoms with E-state index in [0.29, 0.717) is 24.1 Å². The highest BCUT2D eigenvalue weighted by Crippen LogP contribution is 2.21. The van der Waals surface area contributed by atoms with E-state index in [2.05, 4.69) is 10.3 Å². The maximum Gasteiger partial charge on any atom is 0.254 e. The molecule has 0 radical (unpaired) electrons. The van der Waals surface area contributed by atoms with Crippen molar-refractivity contribution in [3.8, 4) is 0 Å². The summed E-state index contributed by atoms with van der Waals surface area (Å²) in [5.41, 5.74) is 9.63. The Kier molecular flexibility index (Phi) is 11.3. The molecule has 1 aromatic heterocycles. The number of nitrogens with one attached hydrogen (secondary N) is 1. The average molecular weight is 646 g/mol. The van der Waals surface area contributed by atoms with Crippen molar-refractivity contribution in [2.75, 3.05) is 20.6 Å². The van der Waals surface area contributed by atoms with Gasteiger partial charge in [-0.2, -0.15) is 0 Å². The van der Waals surface area contributed by atoms with E-state index in [1.165, 1.54) is 21.9 Å². The summed E-state index contributed by atoms with van der Waals surface area (Å²) in [6.07, 6.45) is 4.35. The highest BCUT2D eigenvalue weighted by atomic mass is 19.1. The second kappa shape index (κ2) is 15.9. The van der Waals surface area contributed by atoms with E-state index in [9.17, 15) is 18.8 Å². The number of rotatable bonds is 13. The third kappa shape index (κ3) is 8.49. The van der Waals surface area contributed by atoms with Gasteiger partial charge in [0.05, 0.1) is 0 Å². The number of carbonyl (C=O) groups is 3. The molecule has 0 aliphatic carbocycles. The predicted molar refractivity (Wildman–Crippen MR) is 185 cm³/mol. The zero-order valence-electron chi connectivity index (χ0n) is 27.2. The monoisotopic (exact) mass is 645 g/mol. The van der Waals surface area contributed by atoms with Gasteiger partial charge in [-0.25, -0.2) is 4.39 Å². The Hall–Kier alpha value is -5.41. The van der Waals surface area contributed by atoms with Crippen LogP contribution in [0.4, 0.5) is 4.39 Å². The Bertz CT molecular complexity index is 1870. The van der Waals surface area contributed by atoms with Crippen LogP contribution in [0.25, 0.3) is 10.8 Å². The standard InChI is InChI=1S/C39H40FN5O3/c1-44(35(24-28-11-14-34(40)15-12-28)37(46)43-21-18-27-16-19-42-20-17-27)39(48)36(25-29-10-13-31-7-3-4-8-32(31)22-29)45(2)38(47)33-9-5-6-30(23-33)26-41/h3-17,19-20,22-23,35-36H,18,21,24-26,41H2,1-2H3,(H,43,46)/t35-,36-/m1/s1. The highest BCUT2D eigenvalue weighted by molar-refractivity contribution is 5.98. The zero-order chi connectivity index (χ0) is 34.0.